The van der Waals surface area contributed by atoms with Crippen LogP contribution in [0.25, 0.3) is 11.1 Å². The van der Waals surface area contributed by atoms with Gasteiger partial charge in [-0.25, -0.2) is 0 Å². The average Bonchev–Trinajstić information content (AvgIpc) is 2.46. The van der Waals surface area contributed by atoms with Gasteiger partial charge in [0, 0.05) is 6.21 Å². The molecule has 0 saturated carbocycles. The summed E-state index contributed by atoms with van der Waals surface area (Å²) in [5.74, 6) is 0.866. The molecule has 0 amide bonds. The van der Waals surface area contributed by atoms with Crippen LogP contribution >= 0.6 is 0 Å². The van der Waals surface area contributed by atoms with E-state index in [4.69, 9.17) is 4.74 Å². The minimum atomic E-state index is 0.187. The Morgan fingerprint density at radius 3 is 2.35 bits per heavy atom. The summed E-state index contributed by atoms with van der Waals surface area (Å²) >= 11 is 0. The highest BCUT2D eigenvalue weighted by atomic mass is 16.5. The number of nitrogens with zero attached hydrogens (tertiary/aromatic N) is 1. The largest absolute Gasteiger partial charge is 0.486 e. The first-order valence-corrected chi connectivity index (χ1v) is 6.94. The van der Waals surface area contributed by atoms with E-state index in [1.54, 1.807) is 6.21 Å². The van der Waals surface area contributed by atoms with E-state index >= 15 is 0 Å². The second-order valence-corrected chi connectivity index (χ2v) is 6.13. The zero-order valence-electron chi connectivity index (χ0n) is 12.2. The number of rotatable bonds is 1. The number of hydrogen-bond donors (Lipinski definition) is 0. The molecule has 0 aliphatic carbocycles. The minimum absolute atomic E-state index is 0.187. The summed E-state index contributed by atoms with van der Waals surface area (Å²) in [6, 6.07) is 14.9. The molecular formula is C18H19NO. The van der Waals surface area contributed by atoms with Crippen molar-refractivity contribution in [2.75, 3.05) is 6.61 Å². The Hall–Kier alpha value is -2.09. The first-order valence-electron chi connectivity index (χ1n) is 6.94. The van der Waals surface area contributed by atoms with Gasteiger partial charge in [0.25, 0.3) is 0 Å². The van der Waals surface area contributed by atoms with Crippen LogP contribution < -0.4 is 4.74 Å². The van der Waals surface area contributed by atoms with Gasteiger partial charge in [-0.15, -0.1) is 0 Å². The predicted octanol–water partition coefficient (Wildman–Crippen LogP) is 4.75. The van der Waals surface area contributed by atoms with E-state index in [2.05, 4.69) is 62.2 Å². The molecule has 2 nitrogen and oxygen atoms in total. The fraction of sp³-hybridized carbons (Fsp3) is 0.278. The molecule has 1 aliphatic heterocycles. The fourth-order valence-corrected chi connectivity index (χ4v) is 2.34. The SMILES string of the molecule is CC(C)(C)c1ccc(-c2ccc3c(c2)OCC=N3)cc1. The van der Waals surface area contributed by atoms with Gasteiger partial charge in [0.05, 0.1) is 0 Å². The van der Waals surface area contributed by atoms with E-state index < -0.39 is 0 Å². The third kappa shape index (κ3) is 2.46. The molecule has 0 atom stereocenters. The molecule has 0 bridgehead atoms. The molecule has 0 aromatic heterocycles. The first kappa shape index (κ1) is 12.9. The van der Waals surface area contributed by atoms with Crippen LogP contribution in [0.15, 0.2) is 47.5 Å². The van der Waals surface area contributed by atoms with Crippen molar-refractivity contribution in [1.29, 1.82) is 0 Å². The number of hydrogen-bond acceptors (Lipinski definition) is 2. The molecule has 0 fully saturated rings. The molecule has 1 heterocycles. The average molecular weight is 265 g/mol. The summed E-state index contributed by atoms with van der Waals surface area (Å²) in [6.45, 7) is 7.24. The van der Waals surface area contributed by atoms with E-state index in [1.807, 2.05) is 6.07 Å². The number of fused-ring (bicyclic) bond motifs is 1. The summed E-state index contributed by atoms with van der Waals surface area (Å²) < 4.78 is 5.61. The van der Waals surface area contributed by atoms with Crippen molar-refractivity contribution < 1.29 is 4.74 Å². The topological polar surface area (TPSA) is 21.6 Å². The molecule has 2 heteroatoms. The van der Waals surface area contributed by atoms with E-state index in [0.717, 1.165) is 11.4 Å². The Kier molecular flexibility index (Phi) is 3.09. The highest BCUT2D eigenvalue weighted by Crippen LogP contribution is 2.34. The van der Waals surface area contributed by atoms with Gasteiger partial charge in [-0.3, -0.25) is 4.99 Å². The van der Waals surface area contributed by atoms with Crippen molar-refractivity contribution in [2.24, 2.45) is 4.99 Å². The van der Waals surface area contributed by atoms with Crippen molar-refractivity contribution in [3.05, 3.63) is 48.0 Å². The number of benzene rings is 2. The summed E-state index contributed by atoms with van der Waals surface area (Å²) in [5, 5.41) is 0. The zero-order valence-corrected chi connectivity index (χ0v) is 12.2. The normalized spacial score (nSPS) is 13.8. The van der Waals surface area contributed by atoms with Gasteiger partial charge in [-0.2, -0.15) is 0 Å². The van der Waals surface area contributed by atoms with Gasteiger partial charge >= 0.3 is 0 Å². The van der Waals surface area contributed by atoms with Gasteiger partial charge in [0.1, 0.15) is 18.0 Å². The van der Waals surface area contributed by atoms with Gasteiger partial charge in [-0.05, 0) is 34.2 Å². The van der Waals surface area contributed by atoms with Gasteiger partial charge < -0.3 is 4.74 Å². The van der Waals surface area contributed by atoms with Crippen molar-refractivity contribution >= 4 is 11.9 Å². The summed E-state index contributed by atoms with van der Waals surface area (Å²) in [5.41, 5.74) is 4.82. The molecule has 0 saturated heterocycles. The van der Waals surface area contributed by atoms with Crippen LogP contribution in [-0.2, 0) is 5.41 Å². The molecule has 0 N–H and O–H groups in total. The Morgan fingerprint density at radius 2 is 1.65 bits per heavy atom. The van der Waals surface area contributed by atoms with Crippen molar-refractivity contribution in [3.8, 4) is 16.9 Å². The maximum Gasteiger partial charge on any atom is 0.146 e. The molecule has 0 unspecified atom stereocenters. The Balaban J connectivity index is 1.95. The van der Waals surface area contributed by atoms with E-state index in [9.17, 15) is 0 Å². The van der Waals surface area contributed by atoms with Gasteiger partial charge in [0.15, 0.2) is 0 Å². The Labute approximate surface area is 120 Å². The first-order chi connectivity index (χ1) is 9.54. The summed E-state index contributed by atoms with van der Waals surface area (Å²) in [7, 11) is 0. The van der Waals surface area contributed by atoms with E-state index in [0.29, 0.717) is 6.61 Å². The molecule has 1 aliphatic rings. The van der Waals surface area contributed by atoms with Crippen LogP contribution in [-0.4, -0.2) is 12.8 Å². The van der Waals surface area contributed by atoms with Gasteiger partial charge in [0.2, 0.25) is 0 Å². The van der Waals surface area contributed by atoms with Crippen LogP contribution in [0.1, 0.15) is 26.3 Å². The van der Waals surface area contributed by atoms with Crippen molar-refractivity contribution in [1.82, 2.24) is 0 Å². The lowest BCUT2D eigenvalue weighted by atomic mass is 9.86. The third-order valence-electron chi connectivity index (χ3n) is 3.59. The van der Waals surface area contributed by atoms with Crippen molar-refractivity contribution in [3.63, 3.8) is 0 Å². The van der Waals surface area contributed by atoms with Crippen LogP contribution in [0.3, 0.4) is 0 Å². The predicted molar refractivity (Wildman–Crippen MR) is 84.2 cm³/mol. The third-order valence-corrected chi connectivity index (χ3v) is 3.59. The molecule has 0 radical (unpaired) electrons. The molecule has 0 spiro atoms. The second-order valence-electron chi connectivity index (χ2n) is 6.13. The fourth-order valence-electron chi connectivity index (χ4n) is 2.34. The lowest BCUT2D eigenvalue weighted by molar-refractivity contribution is 0.377. The lowest BCUT2D eigenvalue weighted by Gasteiger charge is -2.19. The summed E-state index contributed by atoms with van der Waals surface area (Å²) in [6.07, 6.45) is 1.79. The lowest BCUT2D eigenvalue weighted by Crippen LogP contribution is -2.10. The maximum absolute atomic E-state index is 5.61. The van der Waals surface area contributed by atoms with Crippen molar-refractivity contribution in [2.45, 2.75) is 26.2 Å². The van der Waals surface area contributed by atoms with Crippen LogP contribution in [0.5, 0.6) is 5.75 Å². The number of aliphatic imine (C=N–C) groups is 1. The number of ether oxygens (including phenoxy) is 1. The minimum Gasteiger partial charge on any atom is -0.486 e. The zero-order chi connectivity index (χ0) is 14.2. The molecular weight excluding hydrogens is 246 g/mol. The second kappa shape index (κ2) is 4.78. The molecule has 20 heavy (non-hydrogen) atoms. The van der Waals surface area contributed by atoms with Gasteiger partial charge in [-0.1, -0.05) is 51.1 Å². The maximum atomic E-state index is 5.61. The monoisotopic (exact) mass is 265 g/mol. The van der Waals surface area contributed by atoms with Crippen LogP contribution in [0, 0.1) is 0 Å². The molecule has 3 rings (SSSR count). The summed E-state index contributed by atoms with van der Waals surface area (Å²) in [4.78, 5) is 4.32. The van der Waals surface area contributed by atoms with Crippen LogP contribution in [0.4, 0.5) is 5.69 Å². The quantitative estimate of drug-likeness (QED) is 0.729. The highest BCUT2D eigenvalue weighted by Gasteiger charge is 2.13. The smallest absolute Gasteiger partial charge is 0.146 e. The Bertz CT molecular complexity index is 648. The molecule has 2 aromatic carbocycles. The van der Waals surface area contributed by atoms with Crippen LogP contribution in [0.2, 0.25) is 0 Å². The highest BCUT2D eigenvalue weighted by molar-refractivity contribution is 5.75. The standard InChI is InChI=1S/C18H19NO/c1-18(2,3)15-7-4-13(5-8-15)14-6-9-16-17(12-14)20-11-10-19-16/h4-10,12H,11H2,1-3H3. The Morgan fingerprint density at radius 1 is 0.950 bits per heavy atom. The molecule has 2 aromatic rings. The van der Waals surface area contributed by atoms with E-state index in [-0.39, 0.29) is 5.41 Å². The van der Waals surface area contributed by atoms with E-state index in [1.165, 1.54) is 16.7 Å². The molecule has 102 valence electrons.